The van der Waals surface area contributed by atoms with Gasteiger partial charge in [-0.05, 0) is 48.4 Å². The van der Waals surface area contributed by atoms with Gasteiger partial charge in [0.15, 0.2) is 0 Å². The fraction of sp³-hybridized carbons (Fsp3) is 0.375. The van der Waals surface area contributed by atoms with E-state index in [9.17, 15) is 9.59 Å². The number of carbonyl (C=O) groups is 2. The first kappa shape index (κ1) is 15.0. The summed E-state index contributed by atoms with van der Waals surface area (Å²) in [4.78, 5) is 23.3. The van der Waals surface area contributed by atoms with E-state index in [1.807, 2.05) is 12.1 Å². The fourth-order valence-corrected chi connectivity index (χ4v) is 3.48. The molecule has 3 rings (SSSR count). The zero-order chi connectivity index (χ0) is 15.5. The van der Waals surface area contributed by atoms with Gasteiger partial charge in [-0.15, -0.1) is 11.3 Å². The molecule has 116 valence electrons. The number of nitrogens with one attached hydrogen (secondary N) is 1. The number of fused-ring (bicyclic) bond motifs is 1. The summed E-state index contributed by atoms with van der Waals surface area (Å²) in [6.07, 6.45) is 2.36. The molecule has 1 aliphatic heterocycles. The molecule has 0 unspecified atom stereocenters. The average Bonchev–Trinajstić information content (AvgIpc) is 3.14. The molecular weight excluding hydrogens is 302 g/mol. The van der Waals surface area contributed by atoms with Crippen LogP contribution in [-0.4, -0.2) is 30.2 Å². The molecule has 22 heavy (non-hydrogen) atoms. The minimum Gasteiger partial charge on any atom is -0.477 e. The highest BCUT2D eigenvalue weighted by Gasteiger charge is 2.17. The first-order chi connectivity index (χ1) is 10.6. The average molecular weight is 319 g/mol. The summed E-state index contributed by atoms with van der Waals surface area (Å²) in [7, 11) is 0. The molecule has 1 aromatic heterocycles. The van der Waals surface area contributed by atoms with E-state index in [2.05, 4.69) is 5.32 Å². The summed E-state index contributed by atoms with van der Waals surface area (Å²) in [5, 5.41) is 12.7. The van der Waals surface area contributed by atoms with Gasteiger partial charge in [-0.3, -0.25) is 4.79 Å². The van der Waals surface area contributed by atoms with Gasteiger partial charge in [-0.2, -0.15) is 0 Å². The number of amides is 1. The van der Waals surface area contributed by atoms with Crippen molar-refractivity contribution in [2.45, 2.75) is 19.3 Å². The molecule has 0 spiro atoms. The quantitative estimate of drug-likeness (QED) is 0.886. The monoisotopic (exact) mass is 319 g/mol. The van der Waals surface area contributed by atoms with E-state index in [4.69, 9.17) is 9.84 Å². The van der Waals surface area contributed by atoms with E-state index >= 15 is 0 Å². The summed E-state index contributed by atoms with van der Waals surface area (Å²) >= 11 is 1.23. The number of carboxylic acid groups (broad SMARTS) is 1. The molecule has 2 N–H and O–H groups in total. The standard InChI is InChI=1S/C16H17NO4S/c18-15(4-1-10-5-6-21-9-10)17-12-2-3-13-11(7-12)8-14(22-13)16(19)20/h2-3,7-8,10H,1,4-6,9H2,(H,17,18)(H,19,20)/t10-/m0/s1. The molecule has 5 nitrogen and oxygen atoms in total. The lowest BCUT2D eigenvalue weighted by atomic mass is 10.0. The molecule has 0 aliphatic carbocycles. The highest BCUT2D eigenvalue weighted by molar-refractivity contribution is 7.20. The van der Waals surface area contributed by atoms with Crippen LogP contribution in [-0.2, 0) is 9.53 Å². The van der Waals surface area contributed by atoms with Crippen LogP contribution in [0.1, 0.15) is 28.9 Å². The van der Waals surface area contributed by atoms with E-state index < -0.39 is 5.97 Å². The van der Waals surface area contributed by atoms with Gasteiger partial charge in [0.1, 0.15) is 4.88 Å². The van der Waals surface area contributed by atoms with E-state index in [0.29, 0.717) is 22.9 Å². The van der Waals surface area contributed by atoms with Gasteiger partial charge < -0.3 is 15.2 Å². The summed E-state index contributed by atoms with van der Waals surface area (Å²) in [6, 6.07) is 7.09. The second-order valence-electron chi connectivity index (χ2n) is 5.48. The zero-order valence-electron chi connectivity index (χ0n) is 12.0. The summed E-state index contributed by atoms with van der Waals surface area (Å²) in [6.45, 7) is 1.55. The molecule has 1 fully saturated rings. The van der Waals surface area contributed by atoms with Crippen LogP contribution in [0.2, 0.25) is 0 Å². The number of hydrogen-bond acceptors (Lipinski definition) is 4. The van der Waals surface area contributed by atoms with E-state index in [1.165, 1.54) is 11.3 Å². The number of carbonyl (C=O) groups excluding carboxylic acids is 1. The van der Waals surface area contributed by atoms with Crippen molar-refractivity contribution < 1.29 is 19.4 Å². The second-order valence-corrected chi connectivity index (χ2v) is 6.57. The van der Waals surface area contributed by atoms with Gasteiger partial charge in [-0.25, -0.2) is 4.79 Å². The molecule has 6 heteroatoms. The summed E-state index contributed by atoms with van der Waals surface area (Å²) in [5.41, 5.74) is 0.704. The lowest BCUT2D eigenvalue weighted by Gasteiger charge is -2.08. The smallest absolute Gasteiger partial charge is 0.345 e. The van der Waals surface area contributed by atoms with E-state index in [0.717, 1.165) is 36.1 Å². The van der Waals surface area contributed by atoms with Crippen LogP contribution in [0, 0.1) is 5.92 Å². The molecule has 0 radical (unpaired) electrons. The number of thiophene rings is 1. The van der Waals surface area contributed by atoms with Crippen molar-refractivity contribution in [2.75, 3.05) is 18.5 Å². The van der Waals surface area contributed by atoms with Crippen molar-refractivity contribution in [1.29, 1.82) is 0 Å². The topological polar surface area (TPSA) is 75.6 Å². The largest absolute Gasteiger partial charge is 0.477 e. The third kappa shape index (κ3) is 3.45. The Morgan fingerprint density at radius 2 is 2.23 bits per heavy atom. The molecule has 1 amide bonds. The predicted octanol–water partition coefficient (Wildman–Crippen LogP) is 3.35. The Morgan fingerprint density at radius 1 is 1.36 bits per heavy atom. The van der Waals surface area contributed by atoms with Gasteiger partial charge in [0.05, 0.1) is 0 Å². The Kier molecular flexibility index (Phi) is 4.40. The maximum absolute atomic E-state index is 12.0. The number of hydrogen-bond donors (Lipinski definition) is 2. The maximum Gasteiger partial charge on any atom is 0.345 e. The Balaban J connectivity index is 1.62. The highest BCUT2D eigenvalue weighted by Crippen LogP contribution is 2.28. The summed E-state index contributed by atoms with van der Waals surface area (Å²) < 4.78 is 6.20. The lowest BCUT2D eigenvalue weighted by Crippen LogP contribution is -2.13. The second kappa shape index (κ2) is 6.46. The van der Waals surface area contributed by atoms with E-state index in [-0.39, 0.29) is 5.91 Å². The minimum absolute atomic E-state index is 0.0139. The van der Waals surface area contributed by atoms with Gasteiger partial charge >= 0.3 is 5.97 Å². The number of carboxylic acids is 1. The van der Waals surface area contributed by atoms with Crippen LogP contribution < -0.4 is 5.32 Å². The number of rotatable bonds is 5. The molecule has 1 saturated heterocycles. The van der Waals surface area contributed by atoms with Crippen molar-refractivity contribution in [3.63, 3.8) is 0 Å². The third-order valence-electron chi connectivity index (χ3n) is 3.81. The summed E-state index contributed by atoms with van der Waals surface area (Å²) in [5.74, 6) is -0.450. The molecule has 0 saturated carbocycles. The Hall–Kier alpha value is -1.92. The van der Waals surface area contributed by atoms with Crippen molar-refractivity contribution in [1.82, 2.24) is 0 Å². The molecule has 1 aromatic carbocycles. The zero-order valence-corrected chi connectivity index (χ0v) is 12.8. The molecule has 2 heterocycles. The molecule has 1 atom stereocenters. The number of ether oxygens (including phenoxy) is 1. The Labute approximate surface area is 131 Å². The molecular formula is C16H17NO4S. The van der Waals surface area contributed by atoms with Crippen molar-refractivity contribution in [2.24, 2.45) is 5.92 Å². The number of anilines is 1. The third-order valence-corrected chi connectivity index (χ3v) is 4.92. The Bertz CT molecular complexity index is 703. The van der Waals surface area contributed by atoms with E-state index in [1.54, 1.807) is 12.1 Å². The van der Waals surface area contributed by atoms with Crippen molar-refractivity contribution in [3.8, 4) is 0 Å². The van der Waals surface area contributed by atoms with Crippen LogP contribution in [0.25, 0.3) is 10.1 Å². The first-order valence-electron chi connectivity index (χ1n) is 7.26. The lowest BCUT2D eigenvalue weighted by molar-refractivity contribution is -0.116. The van der Waals surface area contributed by atoms with Crippen molar-refractivity contribution in [3.05, 3.63) is 29.1 Å². The van der Waals surface area contributed by atoms with Crippen LogP contribution in [0.3, 0.4) is 0 Å². The minimum atomic E-state index is -0.925. The van der Waals surface area contributed by atoms with Crippen molar-refractivity contribution >= 4 is 39.0 Å². The van der Waals surface area contributed by atoms with Gasteiger partial charge in [0.25, 0.3) is 0 Å². The molecule has 0 bridgehead atoms. The predicted molar refractivity (Wildman–Crippen MR) is 85.6 cm³/mol. The molecule has 1 aliphatic rings. The van der Waals surface area contributed by atoms with Crippen LogP contribution in [0.5, 0.6) is 0 Å². The molecule has 2 aromatic rings. The Morgan fingerprint density at radius 3 is 2.95 bits per heavy atom. The van der Waals surface area contributed by atoms with Gasteiger partial charge in [-0.1, -0.05) is 0 Å². The SMILES string of the molecule is O=C(CC[C@H]1CCOC1)Nc1ccc2sc(C(=O)O)cc2c1. The number of benzene rings is 1. The van der Waals surface area contributed by atoms with Crippen LogP contribution in [0.4, 0.5) is 5.69 Å². The van der Waals surface area contributed by atoms with Gasteiger partial charge in [0, 0.05) is 30.0 Å². The maximum atomic E-state index is 12.0. The van der Waals surface area contributed by atoms with Crippen LogP contribution in [0.15, 0.2) is 24.3 Å². The fourth-order valence-electron chi connectivity index (χ4n) is 2.60. The normalized spacial score (nSPS) is 17.7. The highest BCUT2D eigenvalue weighted by atomic mass is 32.1. The first-order valence-corrected chi connectivity index (χ1v) is 8.08. The number of aromatic carboxylic acids is 1. The van der Waals surface area contributed by atoms with Gasteiger partial charge in [0.2, 0.25) is 5.91 Å². The van der Waals surface area contributed by atoms with Crippen LogP contribution >= 0.6 is 11.3 Å².